The van der Waals surface area contributed by atoms with Gasteiger partial charge in [-0.25, -0.2) is 0 Å². The molecule has 0 saturated carbocycles. The fraction of sp³-hybridized carbons (Fsp3) is 0.862. The lowest BCUT2D eigenvalue weighted by Crippen LogP contribution is -2.30. The number of hydrogen-bond acceptors (Lipinski definition) is 6. The lowest BCUT2D eigenvalue weighted by molar-refractivity contribution is -0.167. The third-order valence-electron chi connectivity index (χ3n) is 14.2. The van der Waals surface area contributed by atoms with Crippen LogP contribution in [0, 0.1) is 0 Å². The van der Waals surface area contributed by atoms with E-state index >= 15 is 0 Å². The van der Waals surface area contributed by atoms with E-state index in [2.05, 4.69) is 57.2 Å². The third kappa shape index (κ3) is 58.4. The smallest absolute Gasteiger partial charge is 0.306 e. The molecular weight excluding hydrogens is 877 g/mol. The predicted molar refractivity (Wildman–Crippen MR) is 307 cm³/mol. The van der Waals surface area contributed by atoms with Crippen molar-refractivity contribution in [2.75, 3.05) is 13.2 Å². The molecule has 0 saturated heterocycles. The molecule has 0 rings (SSSR count). The monoisotopic (exact) mass is 997 g/mol. The average Bonchev–Trinajstić information content (AvgIpc) is 3.37. The molecule has 416 valence electrons. The molecule has 1 unspecified atom stereocenters. The van der Waals surface area contributed by atoms with E-state index in [4.69, 9.17) is 14.2 Å². The van der Waals surface area contributed by atoms with Crippen LogP contribution < -0.4 is 0 Å². The minimum atomic E-state index is -0.773. The second-order valence-corrected chi connectivity index (χ2v) is 21.3. The minimum absolute atomic E-state index is 0.0717. The summed E-state index contributed by atoms with van der Waals surface area (Å²) in [7, 11) is 0. The van der Waals surface area contributed by atoms with Gasteiger partial charge in [-0.3, -0.25) is 14.4 Å². The Hall–Kier alpha value is -2.37. The second-order valence-electron chi connectivity index (χ2n) is 21.3. The highest BCUT2D eigenvalue weighted by molar-refractivity contribution is 5.71. The van der Waals surface area contributed by atoms with Crippen molar-refractivity contribution in [2.45, 2.75) is 348 Å². The fourth-order valence-electron chi connectivity index (χ4n) is 9.46. The summed E-state index contributed by atoms with van der Waals surface area (Å²) in [5.41, 5.74) is 0. The van der Waals surface area contributed by atoms with Gasteiger partial charge in [0.15, 0.2) is 6.10 Å². The van der Waals surface area contributed by atoms with E-state index in [1.807, 2.05) is 0 Å². The second kappa shape index (κ2) is 60.2. The van der Waals surface area contributed by atoms with Crippen LogP contribution in [0.3, 0.4) is 0 Å². The van der Waals surface area contributed by atoms with Gasteiger partial charge in [-0.1, -0.05) is 308 Å². The van der Waals surface area contributed by atoms with Crippen LogP contribution >= 0.6 is 0 Å². The zero-order chi connectivity index (χ0) is 51.4. The summed E-state index contributed by atoms with van der Waals surface area (Å²) in [6.45, 7) is 6.54. The number of esters is 3. The third-order valence-corrected chi connectivity index (χ3v) is 14.2. The number of unbranched alkanes of at least 4 members (excludes halogenated alkanes) is 41. The van der Waals surface area contributed by atoms with Crippen LogP contribution in [-0.4, -0.2) is 37.2 Å². The molecule has 0 aliphatic carbocycles. The van der Waals surface area contributed by atoms with Crippen molar-refractivity contribution in [3.63, 3.8) is 0 Å². The molecule has 71 heavy (non-hydrogen) atoms. The molecule has 0 aliphatic heterocycles. The topological polar surface area (TPSA) is 78.9 Å². The van der Waals surface area contributed by atoms with Crippen LogP contribution in [0.25, 0.3) is 0 Å². The Morgan fingerprint density at radius 1 is 0.296 bits per heavy atom. The minimum Gasteiger partial charge on any atom is -0.462 e. The van der Waals surface area contributed by atoms with Gasteiger partial charge in [0, 0.05) is 19.3 Å². The summed E-state index contributed by atoms with van der Waals surface area (Å²) in [4.78, 5) is 38.1. The number of rotatable bonds is 58. The highest BCUT2D eigenvalue weighted by Gasteiger charge is 2.19. The van der Waals surface area contributed by atoms with E-state index in [9.17, 15) is 14.4 Å². The van der Waals surface area contributed by atoms with Gasteiger partial charge in [-0.2, -0.15) is 0 Å². The van der Waals surface area contributed by atoms with Crippen molar-refractivity contribution in [3.8, 4) is 0 Å². The molecule has 0 aliphatic rings. The Balaban J connectivity index is 4.07. The van der Waals surface area contributed by atoms with E-state index in [1.165, 1.54) is 218 Å². The molecule has 1 atom stereocenters. The van der Waals surface area contributed by atoms with E-state index in [-0.39, 0.29) is 31.1 Å². The Labute approximate surface area is 442 Å². The molecule has 0 aromatic rings. The van der Waals surface area contributed by atoms with Gasteiger partial charge in [0.2, 0.25) is 0 Å². The molecular formula is C65H120O6. The Kier molecular flexibility index (Phi) is 58.2. The predicted octanol–water partition coefficient (Wildman–Crippen LogP) is 21.2. The zero-order valence-corrected chi connectivity index (χ0v) is 47.8. The number of hydrogen-bond donors (Lipinski definition) is 0. The van der Waals surface area contributed by atoms with Crippen molar-refractivity contribution in [1.82, 2.24) is 0 Å². The summed E-state index contributed by atoms with van der Waals surface area (Å²) in [5.74, 6) is -0.867. The highest BCUT2D eigenvalue weighted by atomic mass is 16.6. The van der Waals surface area contributed by atoms with Gasteiger partial charge in [-0.05, 0) is 51.4 Å². The molecule has 0 amide bonds. The largest absolute Gasteiger partial charge is 0.462 e. The normalized spacial score (nSPS) is 12.2. The molecule has 0 fully saturated rings. The number of carbonyl (C=O) groups excluding carboxylic acids is 3. The summed E-state index contributed by atoms with van der Waals surface area (Å²) in [6.07, 6.45) is 73.3. The first-order valence-electron chi connectivity index (χ1n) is 31.5. The first-order chi connectivity index (χ1) is 35.0. The molecule has 6 heteroatoms. The number of allylic oxidation sites excluding steroid dienone is 6. The molecule has 6 nitrogen and oxygen atoms in total. The van der Waals surface area contributed by atoms with E-state index < -0.39 is 6.10 Å². The molecule has 0 radical (unpaired) electrons. The molecule has 0 aromatic heterocycles. The number of carbonyl (C=O) groups is 3. The van der Waals surface area contributed by atoms with Crippen LogP contribution in [0.1, 0.15) is 342 Å². The Morgan fingerprint density at radius 3 is 0.859 bits per heavy atom. The molecule has 0 heterocycles. The summed E-state index contributed by atoms with van der Waals surface area (Å²) >= 11 is 0. The van der Waals surface area contributed by atoms with Crippen LogP contribution in [0.2, 0.25) is 0 Å². The number of ether oxygens (including phenoxy) is 3. The van der Waals surface area contributed by atoms with Crippen molar-refractivity contribution >= 4 is 17.9 Å². The molecule has 0 N–H and O–H groups in total. The highest BCUT2D eigenvalue weighted by Crippen LogP contribution is 2.18. The van der Waals surface area contributed by atoms with E-state index in [0.29, 0.717) is 19.3 Å². The van der Waals surface area contributed by atoms with Gasteiger partial charge in [0.05, 0.1) is 0 Å². The van der Waals surface area contributed by atoms with Crippen LogP contribution in [0.5, 0.6) is 0 Å². The summed E-state index contributed by atoms with van der Waals surface area (Å²) in [6, 6.07) is 0. The van der Waals surface area contributed by atoms with Gasteiger partial charge in [0.1, 0.15) is 13.2 Å². The first kappa shape index (κ1) is 68.6. The van der Waals surface area contributed by atoms with Gasteiger partial charge in [-0.15, -0.1) is 0 Å². The van der Waals surface area contributed by atoms with Crippen molar-refractivity contribution < 1.29 is 28.6 Å². The fourth-order valence-corrected chi connectivity index (χ4v) is 9.46. The first-order valence-corrected chi connectivity index (χ1v) is 31.5. The van der Waals surface area contributed by atoms with Crippen molar-refractivity contribution in [1.29, 1.82) is 0 Å². The van der Waals surface area contributed by atoms with E-state index in [1.54, 1.807) is 0 Å². The lowest BCUT2D eigenvalue weighted by atomic mass is 10.0. The van der Waals surface area contributed by atoms with Crippen molar-refractivity contribution in [2.24, 2.45) is 0 Å². The SMILES string of the molecule is CC/C=C\C/C=C\C/C=C\CCCCCCCCCC(=O)OC(COC(=O)CCCCCCCCCC)COC(=O)CCCCCCCCCCCCCCCCCCCCCCCCCCCCCC. The quantitative estimate of drug-likeness (QED) is 0.0261. The maximum Gasteiger partial charge on any atom is 0.306 e. The van der Waals surface area contributed by atoms with Gasteiger partial charge < -0.3 is 14.2 Å². The average molecular weight is 998 g/mol. The summed E-state index contributed by atoms with van der Waals surface area (Å²) < 4.78 is 16.8. The Bertz CT molecular complexity index is 1190. The van der Waals surface area contributed by atoms with Crippen molar-refractivity contribution in [3.05, 3.63) is 36.5 Å². The lowest BCUT2D eigenvalue weighted by Gasteiger charge is -2.18. The maximum atomic E-state index is 12.8. The summed E-state index contributed by atoms with van der Waals surface area (Å²) in [5, 5.41) is 0. The molecule has 0 bridgehead atoms. The van der Waals surface area contributed by atoms with Gasteiger partial charge in [0.25, 0.3) is 0 Å². The van der Waals surface area contributed by atoms with Crippen LogP contribution in [0.15, 0.2) is 36.5 Å². The van der Waals surface area contributed by atoms with Crippen LogP contribution in [0.4, 0.5) is 0 Å². The van der Waals surface area contributed by atoms with Gasteiger partial charge >= 0.3 is 17.9 Å². The Morgan fingerprint density at radius 2 is 0.549 bits per heavy atom. The maximum absolute atomic E-state index is 12.8. The van der Waals surface area contributed by atoms with E-state index in [0.717, 1.165) is 83.5 Å². The standard InChI is InChI=1S/C65H120O6/c1-4-7-10-13-16-19-21-23-25-27-28-29-30-31-32-33-34-35-36-37-39-40-42-44-46-49-52-55-58-64(67)70-61-62(60-69-63(66)57-54-51-48-18-15-12-9-6-3)71-65(68)59-56-53-50-47-45-43-41-38-26-24-22-20-17-14-11-8-5-2/h8,11,17,20,24,26,62H,4-7,9-10,12-16,18-19,21-23,25,27-61H2,1-3H3/b11-8-,20-17-,26-24-. The van der Waals surface area contributed by atoms with Crippen LogP contribution in [-0.2, 0) is 28.6 Å². The molecule has 0 spiro atoms. The molecule has 0 aromatic carbocycles. The zero-order valence-electron chi connectivity index (χ0n) is 47.8.